The Balaban J connectivity index is 1.16. The van der Waals surface area contributed by atoms with Crippen LogP contribution in [0.4, 0.5) is 16.2 Å². The Morgan fingerprint density at radius 1 is 0.758 bits per heavy atom. The van der Waals surface area contributed by atoms with E-state index in [0.717, 1.165) is 43.6 Å². The van der Waals surface area contributed by atoms with Gasteiger partial charge in [-0.2, -0.15) is 0 Å². The lowest BCUT2D eigenvalue weighted by Gasteiger charge is -2.26. The highest BCUT2D eigenvalue weighted by atomic mass is 16.5. The predicted octanol–water partition coefficient (Wildman–Crippen LogP) is 5.38. The number of nitrogens with two attached hydrogens (primary N) is 1. The topological polar surface area (TPSA) is 181 Å². The largest absolute Gasteiger partial charge is 0.378 e. The second-order valence-corrected chi connectivity index (χ2v) is 15.1. The molecule has 5 amide bonds. The van der Waals surface area contributed by atoms with Gasteiger partial charge >= 0.3 is 6.03 Å². The van der Waals surface area contributed by atoms with Crippen LogP contribution < -0.4 is 26.6 Å². The number of primary amides is 1. The molecule has 1 aliphatic rings. The summed E-state index contributed by atoms with van der Waals surface area (Å²) in [5.41, 5.74) is 11.4. The van der Waals surface area contributed by atoms with Crippen molar-refractivity contribution >= 4 is 35.1 Å². The third-order valence-electron chi connectivity index (χ3n) is 10.8. The number of likely N-dealkylation sites (N-methyl/N-ethyl adjacent to an activating group) is 2. The Labute approximate surface area is 365 Å². The van der Waals surface area contributed by atoms with Crippen molar-refractivity contribution in [3.63, 3.8) is 0 Å². The lowest BCUT2D eigenvalue weighted by atomic mass is 9.87. The summed E-state index contributed by atoms with van der Waals surface area (Å²) in [6.07, 6.45) is 4.51. The van der Waals surface area contributed by atoms with Crippen LogP contribution in [-0.4, -0.2) is 132 Å². The van der Waals surface area contributed by atoms with Gasteiger partial charge in [0.15, 0.2) is 0 Å². The molecule has 3 aromatic carbocycles. The van der Waals surface area contributed by atoms with Crippen molar-refractivity contribution in [1.82, 2.24) is 25.4 Å². The van der Waals surface area contributed by atoms with Crippen LogP contribution in [0.15, 0.2) is 85.1 Å². The Morgan fingerprint density at radius 3 is 2.23 bits per heavy atom. The van der Waals surface area contributed by atoms with Crippen LogP contribution in [0.5, 0.6) is 0 Å². The quantitative estimate of drug-likeness (QED) is 0.0670. The monoisotopic (exact) mass is 850 g/mol. The lowest BCUT2D eigenvalue weighted by molar-refractivity contribution is 0.0122. The number of nitrogens with one attached hydrogen (secondary N) is 3. The number of ether oxygens (including phenoxy) is 3. The van der Waals surface area contributed by atoms with Gasteiger partial charge in [-0.05, 0) is 99.8 Å². The molecule has 1 aromatic heterocycles. The number of hydrogen-bond acceptors (Lipinski definition) is 10. The third-order valence-corrected chi connectivity index (χ3v) is 10.8. The van der Waals surface area contributed by atoms with Gasteiger partial charge in [0.05, 0.1) is 57.1 Å². The van der Waals surface area contributed by atoms with Crippen molar-refractivity contribution in [2.75, 3.05) is 103 Å². The summed E-state index contributed by atoms with van der Waals surface area (Å²) in [6.45, 7) is 10.5. The number of benzene rings is 3. The number of aryl methyl sites for hydroxylation is 1. The number of rotatable bonds is 24. The van der Waals surface area contributed by atoms with Gasteiger partial charge in [-0.15, -0.1) is 0 Å². The molecular formula is C47H62N8O7. The molecule has 0 saturated carbocycles. The molecule has 0 bridgehead atoms. The predicted molar refractivity (Wildman–Crippen MR) is 242 cm³/mol. The van der Waals surface area contributed by atoms with Crippen LogP contribution >= 0.6 is 0 Å². The average Bonchev–Trinajstić information content (AvgIpc) is 3.29. The molecule has 0 saturated heterocycles. The molecule has 62 heavy (non-hydrogen) atoms. The van der Waals surface area contributed by atoms with Gasteiger partial charge < -0.3 is 50.6 Å². The maximum Gasteiger partial charge on any atom is 0.312 e. The van der Waals surface area contributed by atoms with Crippen LogP contribution in [0, 0.1) is 0 Å². The van der Waals surface area contributed by atoms with Crippen LogP contribution in [0.1, 0.15) is 74.9 Å². The average molecular weight is 851 g/mol. The van der Waals surface area contributed by atoms with Crippen molar-refractivity contribution < 1.29 is 33.4 Å². The molecule has 5 rings (SSSR count). The van der Waals surface area contributed by atoms with E-state index in [2.05, 4.69) is 56.7 Å². The number of carbonyl (C=O) groups is 4. The first-order valence-electron chi connectivity index (χ1n) is 21.4. The summed E-state index contributed by atoms with van der Waals surface area (Å²) in [5, 5.41) is 8.77. The Kier molecular flexibility index (Phi) is 18.7. The van der Waals surface area contributed by atoms with E-state index in [1.807, 2.05) is 37.4 Å². The Bertz CT molecular complexity index is 2090. The van der Waals surface area contributed by atoms with E-state index in [9.17, 15) is 19.2 Å². The molecule has 1 aliphatic carbocycles. The molecule has 0 fully saturated rings. The zero-order valence-electron chi connectivity index (χ0n) is 36.5. The normalized spacial score (nSPS) is 13.3. The van der Waals surface area contributed by atoms with E-state index < -0.39 is 6.03 Å². The number of urea groups is 1. The number of fused-ring (bicyclic) bond motifs is 1. The molecular weight excluding hydrogens is 789 g/mol. The maximum absolute atomic E-state index is 13.9. The standard InChI is InChI=1S/C47H62N8O7/c1-5-55(6-2)38-17-18-42(40(33-38)43-32-36(19-20-49-43)45(57)51-41-16-10-12-34-11-7-8-15-39(34)41)52-44(56)35-13-9-14-37(31-35)46(58)54(4)23-22-53(3)24-26-61-28-30-62-29-27-60-25-21-50-47(48)59/h7-9,11,13-15,17-20,31-33,41H,5-6,10,12,16,21-30H2,1-4H3,(H,51,57)(H,52,56)(H3,48,50,59). The highest BCUT2D eigenvalue weighted by molar-refractivity contribution is 6.08. The molecule has 332 valence electrons. The molecule has 4 aromatic rings. The molecule has 0 aliphatic heterocycles. The minimum absolute atomic E-state index is 0.0680. The van der Waals surface area contributed by atoms with Crippen LogP contribution in [-0.2, 0) is 20.6 Å². The fraction of sp³-hybridized carbons (Fsp3) is 0.426. The Hall–Kier alpha value is -5.87. The Morgan fingerprint density at radius 2 is 1.47 bits per heavy atom. The first kappa shape index (κ1) is 47.2. The minimum atomic E-state index is -0.579. The first-order valence-corrected chi connectivity index (χ1v) is 21.4. The van der Waals surface area contributed by atoms with Gasteiger partial charge in [0.1, 0.15) is 0 Å². The summed E-state index contributed by atoms with van der Waals surface area (Å²) < 4.78 is 16.5. The van der Waals surface area contributed by atoms with Crippen molar-refractivity contribution in [2.24, 2.45) is 5.73 Å². The van der Waals surface area contributed by atoms with E-state index in [1.54, 1.807) is 54.5 Å². The van der Waals surface area contributed by atoms with Crippen molar-refractivity contribution in [1.29, 1.82) is 0 Å². The molecule has 1 atom stereocenters. The highest BCUT2D eigenvalue weighted by Crippen LogP contribution is 2.33. The fourth-order valence-corrected chi connectivity index (χ4v) is 7.25. The zero-order chi connectivity index (χ0) is 44.3. The van der Waals surface area contributed by atoms with Crippen LogP contribution in [0.3, 0.4) is 0 Å². The van der Waals surface area contributed by atoms with E-state index in [1.165, 1.54) is 5.56 Å². The summed E-state index contributed by atoms with van der Waals surface area (Å²) in [5.74, 6) is -0.758. The summed E-state index contributed by atoms with van der Waals surface area (Å²) in [7, 11) is 3.71. The van der Waals surface area contributed by atoms with Gasteiger partial charge in [0.2, 0.25) is 0 Å². The van der Waals surface area contributed by atoms with Gasteiger partial charge in [0, 0.05) is 80.5 Å². The van der Waals surface area contributed by atoms with Crippen LogP contribution in [0.25, 0.3) is 11.3 Å². The molecule has 15 nitrogen and oxygen atoms in total. The van der Waals surface area contributed by atoms with Crippen molar-refractivity contribution in [3.05, 3.63) is 113 Å². The van der Waals surface area contributed by atoms with Gasteiger partial charge in [-0.3, -0.25) is 19.4 Å². The smallest absolute Gasteiger partial charge is 0.312 e. The summed E-state index contributed by atoms with van der Waals surface area (Å²) in [4.78, 5) is 62.3. The number of carbonyl (C=O) groups excluding carboxylic acids is 4. The number of pyridine rings is 1. The molecule has 0 radical (unpaired) electrons. The van der Waals surface area contributed by atoms with Crippen molar-refractivity contribution in [3.8, 4) is 11.3 Å². The maximum atomic E-state index is 13.9. The second-order valence-electron chi connectivity index (χ2n) is 15.1. The van der Waals surface area contributed by atoms with Gasteiger partial charge in [-0.1, -0.05) is 30.3 Å². The number of amides is 5. The van der Waals surface area contributed by atoms with E-state index in [-0.39, 0.29) is 23.8 Å². The van der Waals surface area contributed by atoms with E-state index in [4.69, 9.17) is 19.9 Å². The fourth-order valence-electron chi connectivity index (χ4n) is 7.25. The van der Waals surface area contributed by atoms with Gasteiger partial charge in [0.25, 0.3) is 17.7 Å². The van der Waals surface area contributed by atoms with Gasteiger partial charge in [-0.25, -0.2) is 4.79 Å². The number of hydrogen-bond donors (Lipinski definition) is 4. The molecule has 1 heterocycles. The number of aromatic nitrogens is 1. The summed E-state index contributed by atoms with van der Waals surface area (Å²) >= 11 is 0. The van der Waals surface area contributed by atoms with E-state index in [0.29, 0.717) is 99.5 Å². The molecule has 0 spiro atoms. The number of nitrogens with zero attached hydrogens (tertiary/aromatic N) is 4. The SMILES string of the molecule is CCN(CC)c1ccc(NC(=O)c2cccc(C(=O)N(C)CCN(C)CCOCCOCCOCCNC(N)=O)c2)c(-c2cc(C(=O)NC3CCCc4ccccc43)ccn2)c1. The minimum Gasteiger partial charge on any atom is -0.378 e. The lowest BCUT2D eigenvalue weighted by Crippen LogP contribution is -2.36. The second kappa shape index (κ2) is 24.5. The van der Waals surface area contributed by atoms with E-state index >= 15 is 0 Å². The first-order chi connectivity index (χ1) is 30.1. The third kappa shape index (κ3) is 14.1. The molecule has 5 N–H and O–H groups in total. The number of anilines is 2. The molecule has 15 heteroatoms. The van der Waals surface area contributed by atoms with Crippen molar-refractivity contribution in [2.45, 2.75) is 39.2 Å². The summed E-state index contributed by atoms with van der Waals surface area (Å²) in [6, 6.07) is 23.6. The highest BCUT2D eigenvalue weighted by Gasteiger charge is 2.23. The van der Waals surface area contributed by atoms with Crippen LogP contribution in [0.2, 0.25) is 0 Å². The zero-order valence-corrected chi connectivity index (χ0v) is 36.5. The molecule has 1 unspecified atom stereocenters.